The zero-order chi connectivity index (χ0) is 17.2. The monoisotopic (exact) mass is 363 g/mol. The van der Waals surface area contributed by atoms with Crippen LogP contribution in [-0.2, 0) is 11.2 Å². The van der Waals surface area contributed by atoms with Crippen LogP contribution in [-0.4, -0.2) is 24.5 Å². The molecule has 0 atom stereocenters. The number of rotatable bonds is 9. The van der Waals surface area contributed by atoms with E-state index in [-0.39, 0.29) is 5.91 Å². The van der Waals surface area contributed by atoms with Gasteiger partial charge in [0.15, 0.2) is 0 Å². The van der Waals surface area contributed by atoms with E-state index in [1.165, 1.54) is 5.56 Å². The fraction of sp³-hybridized carbons (Fsp3) is 0.316. The first-order valence-electron chi connectivity index (χ1n) is 7.94. The maximum Gasteiger partial charge on any atom is 0.225 e. The number of benzene rings is 2. The lowest BCUT2D eigenvalue weighted by molar-refractivity contribution is -0.115. The van der Waals surface area contributed by atoms with Gasteiger partial charge in [-0.1, -0.05) is 41.9 Å². The Kier molecular flexibility index (Phi) is 7.99. The molecule has 1 amide bonds. The fourth-order valence-corrected chi connectivity index (χ4v) is 3.33. The van der Waals surface area contributed by atoms with Crippen LogP contribution in [0.25, 0.3) is 0 Å². The Hall–Kier alpha value is -1.65. The van der Waals surface area contributed by atoms with E-state index < -0.39 is 0 Å². The molecular formula is C19H22ClNO2S. The molecule has 1 N–H and O–H groups in total. The summed E-state index contributed by atoms with van der Waals surface area (Å²) in [5, 5.41) is 3.43. The molecule has 2 rings (SSSR count). The van der Waals surface area contributed by atoms with Crippen LogP contribution in [0.4, 0.5) is 5.69 Å². The average Bonchev–Trinajstić information content (AvgIpc) is 2.59. The Morgan fingerprint density at radius 1 is 1.17 bits per heavy atom. The van der Waals surface area contributed by atoms with Gasteiger partial charge in [0.2, 0.25) is 5.91 Å². The van der Waals surface area contributed by atoms with Crippen molar-refractivity contribution in [2.45, 2.75) is 19.3 Å². The summed E-state index contributed by atoms with van der Waals surface area (Å²) in [7, 11) is 1.57. The molecule has 0 aliphatic heterocycles. The van der Waals surface area contributed by atoms with Crippen LogP contribution in [0, 0.1) is 0 Å². The quantitative estimate of drug-likeness (QED) is 0.634. The van der Waals surface area contributed by atoms with Gasteiger partial charge in [0, 0.05) is 17.2 Å². The van der Waals surface area contributed by atoms with Crippen molar-refractivity contribution >= 4 is 35.0 Å². The third-order valence-electron chi connectivity index (χ3n) is 3.51. The number of ether oxygens (including phenoxy) is 1. The number of nitrogens with one attached hydrogen (secondary N) is 1. The van der Waals surface area contributed by atoms with Gasteiger partial charge in [-0.15, -0.1) is 0 Å². The van der Waals surface area contributed by atoms with Gasteiger partial charge in [0.1, 0.15) is 5.75 Å². The molecular weight excluding hydrogens is 342 g/mol. The molecule has 0 saturated carbocycles. The van der Waals surface area contributed by atoms with E-state index in [2.05, 4.69) is 29.6 Å². The molecule has 0 radical (unpaired) electrons. The summed E-state index contributed by atoms with van der Waals surface area (Å²) in [6.45, 7) is 0. The first-order valence-corrected chi connectivity index (χ1v) is 9.47. The Bertz CT molecular complexity index is 649. The van der Waals surface area contributed by atoms with Crippen LogP contribution < -0.4 is 10.1 Å². The number of amides is 1. The van der Waals surface area contributed by atoms with E-state index in [1.54, 1.807) is 37.1 Å². The van der Waals surface area contributed by atoms with Crippen LogP contribution in [0.2, 0.25) is 5.02 Å². The van der Waals surface area contributed by atoms with Gasteiger partial charge in [0.25, 0.3) is 0 Å². The number of thioether (sulfide) groups is 1. The second-order valence-electron chi connectivity index (χ2n) is 5.34. The van der Waals surface area contributed by atoms with Gasteiger partial charge >= 0.3 is 0 Å². The minimum atomic E-state index is -0.0221. The van der Waals surface area contributed by atoms with Crippen LogP contribution in [0.3, 0.4) is 0 Å². The maximum atomic E-state index is 12.0. The van der Waals surface area contributed by atoms with E-state index in [0.29, 0.717) is 22.9 Å². The van der Waals surface area contributed by atoms with Crippen LogP contribution in [0.5, 0.6) is 5.75 Å². The lowest BCUT2D eigenvalue weighted by Gasteiger charge is -2.10. The predicted octanol–water partition coefficient (Wildman–Crippen LogP) is 5.04. The predicted molar refractivity (Wildman–Crippen MR) is 103 cm³/mol. The van der Waals surface area contributed by atoms with Crippen molar-refractivity contribution in [3.63, 3.8) is 0 Å². The van der Waals surface area contributed by atoms with E-state index in [4.69, 9.17) is 16.3 Å². The molecule has 0 aliphatic rings. The number of hydrogen-bond donors (Lipinski definition) is 1. The molecule has 0 spiro atoms. The van der Waals surface area contributed by atoms with Crippen molar-refractivity contribution in [2.24, 2.45) is 0 Å². The summed E-state index contributed by atoms with van der Waals surface area (Å²) in [4.78, 5) is 12.0. The molecule has 0 aromatic heterocycles. The van der Waals surface area contributed by atoms with Gasteiger partial charge in [-0.25, -0.2) is 0 Å². The molecule has 3 nitrogen and oxygen atoms in total. The van der Waals surface area contributed by atoms with E-state index >= 15 is 0 Å². The molecule has 5 heteroatoms. The topological polar surface area (TPSA) is 38.3 Å². The Labute approximate surface area is 152 Å². The SMILES string of the molecule is COc1ccc(Cl)cc1NC(=O)CCSCCCc1ccccc1. The second kappa shape index (κ2) is 10.3. The highest BCUT2D eigenvalue weighted by Gasteiger charge is 2.08. The summed E-state index contributed by atoms with van der Waals surface area (Å²) in [6, 6.07) is 15.6. The number of carbonyl (C=O) groups excluding carboxylic acids is 1. The minimum absolute atomic E-state index is 0.0221. The summed E-state index contributed by atoms with van der Waals surface area (Å²) in [6.07, 6.45) is 2.68. The van der Waals surface area contributed by atoms with Crippen molar-refractivity contribution in [3.05, 3.63) is 59.1 Å². The molecule has 0 heterocycles. The minimum Gasteiger partial charge on any atom is -0.495 e. The number of anilines is 1. The van der Waals surface area contributed by atoms with E-state index in [9.17, 15) is 4.79 Å². The Balaban J connectivity index is 1.64. The third kappa shape index (κ3) is 6.46. The molecule has 0 fully saturated rings. The van der Waals surface area contributed by atoms with Crippen molar-refractivity contribution in [1.82, 2.24) is 0 Å². The molecule has 128 valence electrons. The number of halogens is 1. The number of aryl methyl sites for hydroxylation is 1. The fourth-order valence-electron chi connectivity index (χ4n) is 2.28. The summed E-state index contributed by atoms with van der Waals surface area (Å²) < 4.78 is 5.22. The first kappa shape index (κ1) is 18.7. The Morgan fingerprint density at radius 3 is 2.71 bits per heavy atom. The summed E-state index contributed by atoms with van der Waals surface area (Å²) >= 11 is 7.76. The zero-order valence-electron chi connectivity index (χ0n) is 13.8. The molecule has 0 aliphatic carbocycles. The van der Waals surface area contributed by atoms with Crippen molar-refractivity contribution in [3.8, 4) is 5.75 Å². The molecule has 24 heavy (non-hydrogen) atoms. The number of methoxy groups -OCH3 is 1. The average molecular weight is 364 g/mol. The molecule has 0 bridgehead atoms. The molecule has 2 aromatic carbocycles. The van der Waals surface area contributed by atoms with Crippen LogP contribution in [0.1, 0.15) is 18.4 Å². The Morgan fingerprint density at radius 2 is 1.96 bits per heavy atom. The van der Waals surface area contributed by atoms with Crippen LogP contribution in [0.15, 0.2) is 48.5 Å². The first-order chi connectivity index (χ1) is 11.7. The van der Waals surface area contributed by atoms with Gasteiger partial charge in [-0.2, -0.15) is 11.8 Å². The van der Waals surface area contributed by atoms with Crippen LogP contribution >= 0.6 is 23.4 Å². The molecule has 0 saturated heterocycles. The normalized spacial score (nSPS) is 10.4. The van der Waals surface area contributed by atoms with Gasteiger partial charge < -0.3 is 10.1 Å². The van der Waals surface area contributed by atoms with Gasteiger partial charge in [0.05, 0.1) is 12.8 Å². The maximum absolute atomic E-state index is 12.0. The zero-order valence-corrected chi connectivity index (χ0v) is 15.3. The standard InChI is InChI=1S/C19H22ClNO2S/c1-23-18-10-9-16(20)14-17(18)21-19(22)11-13-24-12-5-8-15-6-3-2-4-7-15/h2-4,6-7,9-10,14H,5,8,11-13H2,1H3,(H,21,22). The summed E-state index contributed by atoms with van der Waals surface area (Å²) in [5.41, 5.74) is 1.98. The lowest BCUT2D eigenvalue weighted by Crippen LogP contribution is -2.13. The molecule has 2 aromatic rings. The van der Waals surface area contributed by atoms with Crippen molar-refractivity contribution in [1.29, 1.82) is 0 Å². The lowest BCUT2D eigenvalue weighted by atomic mass is 10.1. The van der Waals surface area contributed by atoms with Crippen molar-refractivity contribution in [2.75, 3.05) is 23.9 Å². The number of hydrogen-bond acceptors (Lipinski definition) is 3. The van der Waals surface area contributed by atoms with E-state index in [0.717, 1.165) is 24.3 Å². The largest absolute Gasteiger partial charge is 0.495 e. The molecule has 0 unspecified atom stereocenters. The highest BCUT2D eigenvalue weighted by Crippen LogP contribution is 2.27. The number of carbonyl (C=O) groups is 1. The smallest absolute Gasteiger partial charge is 0.225 e. The van der Waals surface area contributed by atoms with Gasteiger partial charge in [-0.3, -0.25) is 4.79 Å². The highest BCUT2D eigenvalue weighted by atomic mass is 35.5. The summed E-state index contributed by atoms with van der Waals surface area (Å²) in [5.74, 6) is 2.46. The van der Waals surface area contributed by atoms with Crippen molar-refractivity contribution < 1.29 is 9.53 Å². The third-order valence-corrected chi connectivity index (χ3v) is 4.81. The van der Waals surface area contributed by atoms with Gasteiger partial charge in [-0.05, 0) is 42.4 Å². The van der Waals surface area contributed by atoms with E-state index in [1.807, 2.05) is 6.07 Å². The highest BCUT2D eigenvalue weighted by molar-refractivity contribution is 7.99. The second-order valence-corrected chi connectivity index (χ2v) is 7.01.